The fourth-order valence-corrected chi connectivity index (χ4v) is 6.06. The number of hydrogen-bond acceptors (Lipinski definition) is 14. The van der Waals surface area contributed by atoms with Gasteiger partial charge in [-0.2, -0.15) is 4.99 Å². The van der Waals surface area contributed by atoms with Gasteiger partial charge in [0.25, 0.3) is 0 Å². The molecule has 2 aromatic rings. The third-order valence-corrected chi connectivity index (χ3v) is 8.82. The number of rotatable bonds is 13. The van der Waals surface area contributed by atoms with Gasteiger partial charge in [-0.1, -0.05) is 59.7 Å². The minimum Gasteiger partial charge on any atom is -0.480 e. The maximum absolute atomic E-state index is 11.1. The van der Waals surface area contributed by atoms with Crippen molar-refractivity contribution in [3.63, 3.8) is 0 Å². The van der Waals surface area contributed by atoms with Crippen LogP contribution in [0.15, 0.2) is 53.5 Å². The van der Waals surface area contributed by atoms with E-state index >= 15 is 0 Å². The molecule has 2 aliphatic heterocycles. The zero-order valence-corrected chi connectivity index (χ0v) is 34.2. The van der Waals surface area contributed by atoms with E-state index < -0.39 is 23.9 Å². The largest absolute Gasteiger partial charge is 0.480 e. The maximum Gasteiger partial charge on any atom is 0.317 e. The number of anilines is 1. The number of aliphatic carboxylic acids is 4. The van der Waals surface area contributed by atoms with Gasteiger partial charge in [-0.05, 0) is 47.6 Å². The SMILES string of the molecule is Nc1ccc(CN2CCN(CC(=O)O)CCN(CC(=O)O)CC2)cc1.O=C(O)CN1CCN(CC(=O)O)CCN(Cc2ccc(N=C=S)cc2)CC1.S=C(Cl)Cl. The average Bonchev–Trinajstić information content (AvgIpc) is 3.25. The van der Waals surface area contributed by atoms with Crippen LogP contribution in [0.25, 0.3) is 0 Å². The third-order valence-electron chi connectivity index (χ3n) is 8.73. The van der Waals surface area contributed by atoms with E-state index in [-0.39, 0.29) is 30.0 Å². The summed E-state index contributed by atoms with van der Waals surface area (Å²) < 4.78 is -0.0556. The fraction of sp³-hybridized carbons (Fsp3) is 0.500. The molecule has 0 aromatic heterocycles. The molecule has 0 unspecified atom stereocenters. The number of carbonyl (C=O) groups is 4. The molecule has 0 atom stereocenters. The van der Waals surface area contributed by atoms with Crippen LogP contribution >= 0.6 is 47.6 Å². The van der Waals surface area contributed by atoms with E-state index in [1.54, 1.807) is 0 Å². The van der Waals surface area contributed by atoms with Crippen LogP contribution in [0.3, 0.4) is 0 Å². The third kappa shape index (κ3) is 22.8. The zero-order valence-electron chi connectivity index (χ0n) is 31.0. The van der Waals surface area contributed by atoms with Gasteiger partial charge in [0, 0.05) is 97.3 Å². The highest BCUT2D eigenvalue weighted by Crippen LogP contribution is 2.15. The standard InChI is InChI=1S/C18H24N4O4S.C17H26N4O4.CCl2S/c23-17(24)12-21-7-5-20(6-8-22(10-9-21)13-18(25)26)11-15-1-3-16(4-2-15)19-14-27;18-15-3-1-14(2-4-15)11-19-5-7-20(12-16(22)23)9-10-21(8-6-19)13-17(24)25;2-1(3)4/h1-4H,5-13H2,(H,23,24)(H,25,26);1-4H,5-13,18H2,(H,22,23)(H,24,25);. The number of nitrogen functional groups attached to an aromatic ring is 1. The number of nitrogens with zero attached hydrogens (tertiary/aromatic N) is 7. The molecule has 0 amide bonds. The molecule has 2 aliphatic rings. The van der Waals surface area contributed by atoms with Crippen molar-refractivity contribution in [3.05, 3.63) is 59.7 Å². The molecule has 308 valence electrons. The number of aliphatic imine (C=N–C) groups is 1. The van der Waals surface area contributed by atoms with Gasteiger partial charge in [-0.25, -0.2) is 0 Å². The Balaban J connectivity index is 0.000000354. The monoisotopic (exact) mass is 856 g/mol. The number of carboxylic acid groups (broad SMARTS) is 4. The Hall–Kier alpha value is -3.65. The van der Waals surface area contributed by atoms with E-state index in [1.165, 1.54) is 0 Å². The normalized spacial score (nSPS) is 17.0. The van der Waals surface area contributed by atoms with Crippen LogP contribution in [-0.2, 0) is 32.3 Å². The molecule has 0 radical (unpaired) electrons. The molecule has 20 heteroatoms. The second kappa shape index (κ2) is 27.1. The smallest absolute Gasteiger partial charge is 0.317 e. The van der Waals surface area contributed by atoms with E-state index in [1.807, 2.05) is 68.1 Å². The van der Waals surface area contributed by atoms with Gasteiger partial charge in [0.1, 0.15) is 0 Å². The highest BCUT2D eigenvalue weighted by molar-refractivity contribution is 7.86. The first-order valence-electron chi connectivity index (χ1n) is 17.7. The summed E-state index contributed by atoms with van der Waals surface area (Å²) in [6.07, 6.45) is 0. The zero-order chi connectivity index (χ0) is 41.5. The average molecular weight is 858 g/mol. The van der Waals surface area contributed by atoms with Gasteiger partial charge < -0.3 is 26.2 Å². The van der Waals surface area contributed by atoms with Crippen LogP contribution < -0.4 is 5.73 Å². The maximum atomic E-state index is 11.1. The molecule has 2 heterocycles. The molecule has 2 saturated heterocycles. The quantitative estimate of drug-likeness (QED) is 0.0850. The van der Waals surface area contributed by atoms with Crippen LogP contribution in [0.5, 0.6) is 0 Å². The van der Waals surface area contributed by atoms with Crippen LogP contribution in [-0.4, -0.2) is 187 Å². The predicted molar refractivity (Wildman–Crippen MR) is 223 cm³/mol. The minimum atomic E-state index is -0.875. The summed E-state index contributed by atoms with van der Waals surface area (Å²) in [5.74, 6) is -3.48. The molecule has 6 N–H and O–H groups in total. The highest BCUT2D eigenvalue weighted by Gasteiger charge is 2.21. The van der Waals surface area contributed by atoms with Crippen LogP contribution in [0.2, 0.25) is 0 Å². The van der Waals surface area contributed by atoms with Crippen LogP contribution in [0, 0.1) is 0 Å². The number of halogens is 2. The first-order chi connectivity index (χ1) is 26.6. The van der Waals surface area contributed by atoms with Gasteiger partial charge in [-0.3, -0.25) is 48.6 Å². The minimum absolute atomic E-state index is 0.0311. The molecule has 4 rings (SSSR count). The van der Waals surface area contributed by atoms with E-state index in [2.05, 4.69) is 44.4 Å². The van der Waals surface area contributed by atoms with Crippen LogP contribution in [0.1, 0.15) is 11.1 Å². The highest BCUT2D eigenvalue weighted by atomic mass is 35.5. The van der Waals surface area contributed by atoms with E-state index in [0.29, 0.717) is 77.7 Å². The summed E-state index contributed by atoms with van der Waals surface area (Å²) in [6.45, 7) is 8.89. The first-order valence-corrected chi connectivity index (χ1v) is 19.3. The molecule has 56 heavy (non-hydrogen) atoms. The first kappa shape index (κ1) is 48.5. The molecular weight excluding hydrogens is 807 g/mol. The summed E-state index contributed by atoms with van der Waals surface area (Å²) in [6, 6.07) is 15.4. The Kier molecular flexibility index (Phi) is 23.4. The van der Waals surface area contributed by atoms with Crippen molar-refractivity contribution < 1.29 is 39.6 Å². The van der Waals surface area contributed by atoms with E-state index in [9.17, 15) is 19.2 Å². The lowest BCUT2D eigenvalue weighted by Crippen LogP contribution is -2.40. The second-order valence-corrected chi connectivity index (χ2v) is 15.1. The number of benzene rings is 2. The summed E-state index contributed by atoms with van der Waals surface area (Å²) in [5.41, 5.74) is 9.41. The van der Waals surface area contributed by atoms with Crippen molar-refractivity contribution in [1.29, 1.82) is 0 Å². The molecule has 2 fully saturated rings. The Bertz CT molecular complexity index is 1550. The summed E-state index contributed by atoms with van der Waals surface area (Å²) in [4.78, 5) is 60.1. The van der Waals surface area contributed by atoms with Gasteiger partial charge >= 0.3 is 23.9 Å². The van der Waals surface area contributed by atoms with Gasteiger partial charge in [0.2, 0.25) is 0 Å². The Labute approximate surface area is 347 Å². The Morgan fingerprint density at radius 2 is 0.804 bits per heavy atom. The number of carboxylic acids is 4. The molecule has 2 aromatic carbocycles. The Morgan fingerprint density at radius 3 is 1.05 bits per heavy atom. The fourth-order valence-electron chi connectivity index (χ4n) is 5.95. The summed E-state index contributed by atoms with van der Waals surface area (Å²) >= 11 is 18.2. The summed E-state index contributed by atoms with van der Waals surface area (Å²) in [7, 11) is 0. The Morgan fingerprint density at radius 1 is 0.554 bits per heavy atom. The summed E-state index contributed by atoms with van der Waals surface area (Å²) in [5, 5.41) is 38.7. The molecule has 0 bridgehead atoms. The molecular formula is C36H50Cl2N8O8S2. The van der Waals surface area contributed by atoms with Crippen molar-refractivity contribution in [2.24, 2.45) is 4.99 Å². The number of nitrogens with two attached hydrogens (primary N) is 1. The molecule has 16 nitrogen and oxygen atoms in total. The van der Waals surface area contributed by atoms with E-state index in [0.717, 1.165) is 36.4 Å². The van der Waals surface area contributed by atoms with Crippen LogP contribution in [0.4, 0.5) is 11.4 Å². The molecule has 0 aliphatic carbocycles. The van der Waals surface area contributed by atoms with Crippen molar-refractivity contribution in [2.75, 3.05) is 110 Å². The van der Waals surface area contributed by atoms with Gasteiger partial charge in [0.05, 0.1) is 37.0 Å². The lowest BCUT2D eigenvalue weighted by molar-refractivity contribution is -0.140. The second-order valence-electron chi connectivity index (χ2n) is 13.1. The lowest BCUT2D eigenvalue weighted by Gasteiger charge is -2.25. The van der Waals surface area contributed by atoms with Crippen molar-refractivity contribution in [3.8, 4) is 0 Å². The molecule has 0 saturated carbocycles. The van der Waals surface area contributed by atoms with Gasteiger partial charge in [0.15, 0.2) is 3.78 Å². The number of thiocarbonyl (C=S) groups is 2. The van der Waals surface area contributed by atoms with Crippen molar-refractivity contribution in [1.82, 2.24) is 29.4 Å². The van der Waals surface area contributed by atoms with Crippen molar-refractivity contribution in [2.45, 2.75) is 13.1 Å². The van der Waals surface area contributed by atoms with Crippen molar-refractivity contribution >= 4 is 91.8 Å². The predicted octanol–water partition coefficient (Wildman–Crippen LogP) is 2.62. The number of isothiocyanates is 1. The molecule has 0 spiro atoms. The van der Waals surface area contributed by atoms with E-state index in [4.69, 9.17) is 49.4 Å². The number of hydrogen-bond donors (Lipinski definition) is 5. The topological polar surface area (TPSA) is 207 Å². The van der Waals surface area contributed by atoms with Gasteiger partial charge in [-0.15, -0.1) is 0 Å². The lowest BCUT2D eigenvalue weighted by atomic mass is 10.2.